The SMILES string of the molecule is CCc1cc(N2CCCC(Nc3ncnc4[nH]ccc34)C2)ncn1. The van der Waals surface area contributed by atoms with Crippen LogP contribution in [0.25, 0.3) is 11.0 Å². The molecule has 2 N–H and O–H groups in total. The van der Waals surface area contributed by atoms with Crippen molar-refractivity contribution in [2.45, 2.75) is 32.2 Å². The van der Waals surface area contributed by atoms with Gasteiger partial charge < -0.3 is 15.2 Å². The van der Waals surface area contributed by atoms with E-state index in [4.69, 9.17) is 0 Å². The molecular formula is C17H21N7. The number of aromatic nitrogens is 5. The van der Waals surface area contributed by atoms with Gasteiger partial charge in [-0.2, -0.15) is 0 Å². The average molecular weight is 323 g/mol. The first-order chi connectivity index (χ1) is 11.8. The molecule has 7 nitrogen and oxygen atoms in total. The standard InChI is InChI=1S/C17H21N7/c1-2-12-8-15(20-10-19-12)24-7-3-4-13(9-24)23-17-14-5-6-18-16(14)21-11-22-17/h5-6,8,10-11,13H,2-4,7,9H2,1H3,(H2,18,21,22,23). The number of rotatable bonds is 4. The van der Waals surface area contributed by atoms with Gasteiger partial charge in [0.05, 0.1) is 5.39 Å². The Morgan fingerprint density at radius 2 is 2.17 bits per heavy atom. The first-order valence-electron chi connectivity index (χ1n) is 8.44. The minimum absolute atomic E-state index is 0.340. The van der Waals surface area contributed by atoms with E-state index in [-0.39, 0.29) is 0 Å². The molecule has 1 saturated heterocycles. The number of anilines is 2. The summed E-state index contributed by atoms with van der Waals surface area (Å²) in [6.07, 6.45) is 8.34. The molecule has 4 heterocycles. The van der Waals surface area contributed by atoms with Crippen LogP contribution in [0.4, 0.5) is 11.6 Å². The number of aromatic amines is 1. The molecule has 0 amide bonds. The number of fused-ring (bicyclic) bond motifs is 1. The molecule has 3 aromatic rings. The molecule has 1 aliphatic rings. The number of nitrogens with one attached hydrogen (secondary N) is 2. The molecule has 1 fully saturated rings. The Balaban J connectivity index is 1.51. The zero-order valence-electron chi connectivity index (χ0n) is 13.7. The zero-order valence-corrected chi connectivity index (χ0v) is 13.7. The van der Waals surface area contributed by atoms with E-state index in [0.717, 1.165) is 60.7 Å². The molecule has 1 unspecified atom stereocenters. The Hall–Kier alpha value is -2.70. The van der Waals surface area contributed by atoms with E-state index in [2.05, 4.69) is 48.1 Å². The maximum atomic E-state index is 4.45. The summed E-state index contributed by atoms with van der Waals surface area (Å²) in [4.78, 5) is 22.9. The van der Waals surface area contributed by atoms with E-state index in [1.165, 1.54) is 0 Å². The molecule has 0 aromatic carbocycles. The van der Waals surface area contributed by atoms with Gasteiger partial charge in [0, 0.05) is 37.1 Å². The summed E-state index contributed by atoms with van der Waals surface area (Å²) >= 11 is 0. The summed E-state index contributed by atoms with van der Waals surface area (Å²) in [5.74, 6) is 1.91. The van der Waals surface area contributed by atoms with Gasteiger partial charge in [0.2, 0.25) is 0 Å². The quantitative estimate of drug-likeness (QED) is 0.767. The molecule has 0 spiro atoms. The summed E-state index contributed by atoms with van der Waals surface area (Å²) in [5, 5.41) is 4.61. The summed E-state index contributed by atoms with van der Waals surface area (Å²) in [6.45, 7) is 4.06. The maximum absolute atomic E-state index is 4.45. The van der Waals surface area contributed by atoms with Crippen molar-refractivity contribution in [1.82, 2.24) is 24.9 Å². The fraction of sp³-hybridized carbons (Fsp3) is 0.412. The Bertz CT molecular complexity index is 828. The number of H-pyrrole nitrogens is 1. The zero-order chi connectivity index (χ0) is 16.4. The number of piperidine rings is 1. The van der Waals surface area contributed by atoms with E-state index in [1.807, 2.05) is 12.3 Å². The summed E-state index contributed by atoms with van der Waals surface area (Å²) in [6, 6.07) is 4.44. The van der Waals surface area contributed by atoms with Gasteiger partial charge in [-0.1, -0.05) is 6.92 Å². The van der Waals surface area contributed by atoms with E-state index in [0.29, 0.717) is 6.04 Å². The fourth-order valence-electron chi connectivity index (χ4n) is 3.24. The van der Waals surface area contributed by atoms with Crippen molar-refractivity contribution in [3.05, 3.63) is 36.7 Å². The van der Waals surface area contributed by atoms with E-state index < -0.39 is 0 Å². The van der Waals surface area contributed by atoms with Gasteiger partial charge in [0.1, 0.15) is 29.9 Å². The highest BCUT2D eigenvalue weighted by atomic mass is 15.2. The molecule has 7 heteroatoms. The van der Waals surface area contributed by atoms with Crippen molar-refractivity contribution in [1.29, 1.82) is 0 Å². The van der Waals surface area contributed by atoms with Crippen molar-refractivity contribution >= 4 is 22.7 Å². The van der Waals surface area contributed by atoms with Crippen LogP contribution in [-0.2, 0) is 6.42 Å². The van der Waals surface area contributed by atoms with Crippen LogP contribution in [0, 0.1) is 0 Å². The third-order valence-corrected chi connectivity index (χ3v) is 4.51. The maximum Gasteiger partial charge on any atom is 0.142 e. The topological polar surface area (TPSA) is 82.6 Å². The molecule has 124 valence electrons. The fourth-order valence-corrected chi connectivity index (χ4v) is 3.24. The minimum Gasteiger partial charge on any atom is -0.365 e. The van der Waals surface area contributed by atoms with Crippen LogP contribution >= 0.6 is 0 Å². The predicted octanol–water partition coefficient (Wildman–Crippen LogP) is 2.39. The Kier molecular flexibility index (Phi) is 3.98. The second-order valence-electron chi connectivity index (χ2n) is 6.11. The molecule has 0 radical (unpaired) electrons. The molecule has 0 aliphatic carbocycles. The van der Waals surface area contributed by atoms with Crippen molar-refractivity contribution < 1.29 is 0 Å². The van der Waals surface area contributed by atoms with Gasteiger partial charge in [-0.15, -0.1) is 0 Å². The predicted molar refractivity (Wildman–Crippen MR) is 94.2 cm³/mol. The second kappa shape index (κ2) is 6.43. The highest BCUT2D eigenvalue weighted by molar-refractivity contribution is 5.86. The molecule has 1 atom stereocenters. The number of nitrogens with zero attached hydrogens (tertiary/aromatic N) is 5. The molecular weight excluding hydrogens is 302 g/mol. The van der Waals surface area contributed by atoms with Crippen molar-refractivity contribution in [3.63, 3.8) is 0 Å². The normalized spacial score (nSPS) is 18.0. The number of aryl methyl sites for hydroxylation is 1. The van der Waals surface area contributed by atoms with Crippen molar-refractivity contribution in [2.24, 2.45) is 0 Å². The second-order valence-corrected chi connectivity index (χ2v) is 6.11. The van der Waals surface area contributed by atoms with Gasteiger partial charge in [-0.05, 0) is 25.3 Å². The lowest BCUT2D eigenvalue weighted by atomic mass is 10.1. The van der Waals surface area contributed by atoms with E-state index in [1.54, 1.807) is 12.7 Å². The molecule has 0 saturated carbocycles. The van der Waals surface area contributed by atoms with Crippen LogP contribution in [-0.4, -0.2) is 44.1 Å². The Morgan fingerprint density at radius 1 is 1.25 bits per heavy atom. The lowest BCUT2D eigenvalue weighted by Crippen LogP contribution is -2.42. The minimum atomic E-state index is 0.340. The van der Waals surface area contributed by atoms with Gasteiger partial charge in [0.25, 0.3) is 0 Å². The van der Waals surface area contributed by atoms with Crippen molar-refractivity contribution in [3.8, 4) is 0 Å². The van der Waals surface area contributed by atoms with Gasteiger partial charge >= 0.3 is 0 Å². The first-order valence-corrected chi connectivity index (χ1v) is 8.44. The monoisotopic (exact) mass is 323 g/mol. The molecule has 4 rings (SSSR count). The highest BCUT2D eigenvalue weighted by Crippen LogP contribution is 2.23. The Labute approximate surface area is 140 Å². The molecule has 0 bridgehead atoms. The van der Waals surface area contributed by atoms with Crippen LogP contribution in [0.15, 0.2) is 31.0 Å². The third kappa shape index (κ3) is 2.89. The largest absolute Gasteiger partial charge is 0.365 e. The van der Waals surface area contributed by atoms with Crippen LogP contribution in [0.3, 0.4) is 0 Å². The lowest BCUT2D eigenvalue weighted by Gasteiger charge is -2.34. The molecule has 24 heavy (non-hydrogen) atoms. The van der Waals surface area contributed by atoms with Crippen LogP contribution in [0.1, 0.15) is 25.5 Å². The number of hydrogen-bond donors (Lipinski definition) is 2. The van der Waals surface area contributed by atoms with Crippen LogP contribution in [0.5, 0.6) is 0 Å². The summed E-state index contributed by atoms with van der Waals surface area (Å²) in [7, 11) is 0. The molecule has 3 aromatic heterocycles. The van der Waals surface area contributed by atoms with Crippen LogP contribution in [0.2, 0.25) is 0 Å². The summed E-state index contributed by atoms with van der Waals surface area (Å²) in [5.41, 5.74) is 1.95. The molecule has 1 aliphatic heterocycles. The third-order valence-electron chi connectivity index (χ3n) is 4.51. The smallest absolute Gasteiger partial charge is 0.142 e. The van der Waals surface area contributed by atoms with E-state index in [9.17, 15) is 0 Å². The van der Waals surface area contributed by atoms with Gasteiger partial charge in [-0.3, -0.25) is 0 Å². The van der Waals surface area contributed by atoms with Gasteiger partial charge in [0.15, 0.2) is 0 Å². The van der Waals surface area contributed by atoms with Gasteiger partial charge in [-0.25, -0.2) is 19.9 Å². The van der Waals surface area contributed by atoms with E-state index >= 15 is 0 Å². The van der Waals surface area contributed by atoms with Crippen LogP contribution < -0.4 is 10.2 Å². The first kappa shape index (κ1) is 14.9. The lowest BCUT2D eigenvalue weighted by molar-refractivity contribution is 0.525. The number of hydrogen-bond acceptors (Lipinski definition) is 6. The highest BCUT2D eigenvalue weighted by Gasteiger charge is 2.22. The Morgan fingerprint density at radius 3 is 3.08 bits per heavy atom. The van der Waals surface area contributed by atoms with Crippen molar-refractivity contribution in [2.75, 3.05) is 23.3 Å². The summed E-state index contributed by atoms with van der Waals surface area (Å²) < 4.78 is 0. The average Bonchev–Trinajstić information content (AvgIpc) is 3.12.